The highest BCUT2D eigenvalue weighted by Crippen LogP contribution is 2.30. The van der Waals surface area contributed by atoms with E-state index in [2.05, 4.69) is 42.9 Å². The van der Waals surface area contributed by atoms with Gasteiger partial charge in [-0.05, 0) is 41.3 Å². The molecule has 30 heavy (non-hydrogen) atoms. The Kier molecular flexibility index (Phi) is 7.00. The Morgan fingerprint density at radius 1 is 1.17 bits per heavy atom. The van der Waals surface area contributed by atoms with E-state index in [-0.39, 0.29) is 17.1 Å². The number of hydrogen-bond donors (Lipinski definition) is 1. The van der Waals surface area contributed by atoms with Crippen LogP contribution in [0.15, 0.2) is 66.3 Å². The van der Waals surface area contributed by atoms with Gasteiger partial charge in [0.25, 0.3) is 0 Å². The van der Waals surface area contributed by atoms with Crippen LogP contribution in [0.3, 0.4) is 0 Å². The lowest BCUT2D eigenvalue weighted by Gasteiger charge is -2.22. The molecule has 1 heterocycles. The first-order valence-corrected chi connectivity index (χ1v) is 11.0. The molecule has 0 saturated heterocycles. The van der Waals surface area contributed by atoms with E-state index in [1.807, 2.05) is 53.1 Å². The number of amides is 1. The summed E-state index contributed by atoms with van der Waals surface area (Å²) in [5.74, 6) is 0.861. The van der Waals surface area contributed by atoms with Crippen molar-refractivity contribution in [3.63, 3.8) is 0 Å². The number of halogens is 1. The number of carbonyl (C=O) groups is 1. The van der Waals surface area contributed by atoms with E-state index in [1.54, 1.807) is 6.08 Å². The van der Waals surface area contributed by atoms with Gasteiger partial charge in [-0.2, -0.15) is 0 Å². The van der Waals surface area contributed by atoms with Gasteiger partial charge in [0.15, 0.2) is 11.0 Å². The lowest BCUT2D eigenvalue weighted by atomic mass is 9.86. The third kappa shape index (κ3) is 5.32. The number of carbonyl (C=O) groups excluding carboxylic acids is 1. The highest BCUT2D eigenvalue weighted by atomic mass is 35.5. The third-order valence-corrected chi connectivity index (χ3v) is 5.69. The Morgan fingerprint density at radius 3 is 2.53 bits per heavy atom. The van der Waals surface area contributed by atoms with Crippen LogP contribution in [0.4, 0.5) is 5.69 Å². The number of hydrogen-bond acceptors (Lipinski definition) is 4. The lowest BCUT2D eigenvalue weighted by Crippen LogP contribution is -2.20. The van der Waals surface area contributed by atoms with Crippen LogP contribution in [0.2, 0.25) is 5.02 Å². The molecule has 3 aromatic rings. The Morgan fingerprint density at radius 2 is 1.87 bits per heavy atom. The molecule has 0 bridgehead atoms. The Hall–Kier alpha value is -2.57. The molecule has 0 saturated carbocycles. The van der Waals surface area contributed by atoms with Crippen LogP contribution in [0.25, 0.3) is 11.4 Å². The number of allylic oxidation sites excluding steroid dienone is 1. The van der Waals surface area contributed by atoms with E-state index < -0.39 is 0 Å². The van der Waals surface area contributed by atoms with Crippen molar-refractivity contribution in [2.45, 2.75) is 37.9 Å². The van der Waals surface area contributed by atoms with Gasteiger partial charge in [-0.15, -0.1) is 16.8 Å². The van der Waals surface area contributed by atoms with E-state index in [0.29, 0.717) is 22.5 Å². The summed E-state index contributed by atoms with van der Waals surface area (Å²) in [6, 6.07) is 15.3. The number of rotatable bonds is 7. The molecule has 156 valence electrons. The van der Waals surface area contributed by atoms with E-state index in [1.165, 1.54) is 11.8 Å². The molecule has 0 aliphatic rings. The lowest BCUT2D eigenvalue weighted by molar-refractivity contribution is -0.113. The predicted molar refractivity (Wildman–Crippen MR) is 125 cm³/mol. The topological polar surface area (TPSA) is 59.8 Å². The summed E-state index contributed by atoms with van der Waals surface area (Å²) in [7, 11) is 0. The van der Waals surface area contributed by atoms with E-state index >= 15 is 0 Å². The number of benzene rings is 2. The SMILES string of the molecule is C=CCn1c(SCC(=O)Nc2ccccc2C(C)(C)C)nnc1-c1ccc(Cl)cc1. The fraction of sp³-hybridized carbons (Fsp3) is 0.261. The zero-order valence-corrected chi connectivity index (χ0v) is 18.9. The fourth-order valence-electron chi connectivity index (χ4n) is 3.06. The van der Waals surface area contributed by atoms with Gasteiger partial charge < -0.3 is 5.32 Å². The Balaban J connectivity index is 1.74. The summed E-state index contributed by atoms with van der Waals surface area (Å²) in [4.78, 5) is 12.6. The zero-order valence-electron chi connectivity index (χ0n) is 17.4. The van der Waals surface area contributed by atoms with Crippen molar-refractivity contribution >= 4 is 35.0 Å². The normalized spacial score (nSPS) is 11.3. The third-order valence-electron chi connectivity index (χ3n) is 4.47. The average Bonchev–Trinajstić information content (AvgIpc) is 3.09. The van der Waals surface area contributed by atoms with Crippen LogP contribution in [0, 0.1) is 0 Å². The first kappa shape index (κ1) is 22.1. The largest absolute Gasteiger partial charge is 0.325 e. The van der Waals surface area contributed by atoms with Gasteiger partial charge in [0.05, 0.1) is 5.75 Å². The van der Waals surface area contributed by atoms with Gasteiger partial charge in [-0.25, -0.2) is 0 Å². The van der Waals surface area contributed by atoms with Crippen molar-refractivity contribution in [2.75, 3.05) is 11.1 Å². The fourth-order valence-corrected chi connectivity index (χ4v) is 3.94. The van der Waals surface area contributed by atoms with Crippen molar-refractivity contribution in [3.8, 4) is 11.4 Å². The summed E-state index contributed by atoms with van der Waals surface area (Å²) < 4.78 is 1.94. The second kappa shape index (κ2) is 9.49. The Labute approximate surface area is 186 Å². The maximum Gasteiger partial charge on any atom is 0.234 e. The minimum Gasteiger partial charge on any atom is -0.325 e. The molecule has 7 heteroatoms. The summed E-state index contributed by atoms with van der Waals surface area (Å²) >= 11 is 7.34. The molecule has 0 unspecified atom stereocenters. The van der Waals surface area contributed by atoms with Crippen LogP contribution in [-0.4, -0.2) is 26.4 Å². The number of nitrogens with one attached hydrogen (secondary N) is 1. The van der Waals surface area contributed by atoms with Gasteiger partial charge in [0.1, 0.15) is 0 Å². The molecule has 0 fully saturated rings. The molecule has 1 amide bonds. The van der Waals surface area contributed by atoms with Crippen molar-refractivity contribution < 1.29 is 4.79 Å². The average molecular weight is 441 g/mol. The van der Waals surface area contributed by atoms with Crippen LogP contribution in [0.1, 0.15) is 26.3 Å². The second-order valence-electron chi connectivity index (χ2n) is 7.84. The van der Waals surface area contributed by atoms with Gasteiger partial charge >= 0.3 is 0 Å². The molecule has 5 nitrogen and oxygen atoms in total. The molecule has 2 aromatic carbocycles. The number of anilines is 1. The first-order chi connectivity index (χ1) is 14.3. The smallest absolute Gasteiger partial charge is 0.234 e. The van der Waals surface area contributed by atoms with Gasteiger partial charge in [-0.1, -0.05) is 68.4 Å². The van der Waals surface area contributed by atoms with Crippen molar-refractivity contribution in [1.29, 1.82) is 0 Å². The van der Waals surface area contributed by atoms with Crippen LogP contribution in [0.5, 0.6) is 0 Å². The summed E-state index contributed by atoms with van der Waals surface area (Å²) in [5, 5.41) is 13.0. The highest BCUT2D eigenvalue weighted by Gasteiger charge is 2.19. The van der Waals surface area contributed by atoms with Crippen molar-refractivity contribution in [2.24, 2.45) is 0 Å². The molecule has 0 aliphatic carbocycles. The van der Waals surface area contributed by atoms with Crippen LogP contribution in [-0.2, 0) is 16.8 Å². The molecule has 1 aromatic heterocycles. The quantitative estimate of drug-likeness (QED) is 0.372. The van der Waals surface area contributed by atoms with Gasteiger partial charge in [0, 0.05) is 22.8 Å². The second-order valence-corrected chi connectivity index (χ2v) is 9.22. The molecule has 0 atom stereocenters. The number of aromatic nitrogens is 3. The summed E-state index contributed by atoms with van der Waals surface area (Å²) in [5.41, 5.74) is 2.78. The minimum absolute atomic E-state index is 0.0609. The highest BCUT2D eigenvalue weighted by molar-refractivity contribution is 7.99. The first-order valence-electron chi connectivity index (χ1n) is 9.62. The zero-order chi connectivity index (χ0) is 21.7. The van der Waals surface area contributed by atoms with Crippen LogP contribution < -0.4 is 5.32 Å². The van der Waals surface area contributed by atoms with E-state index in [4.69, 9.17) is 11.6 Å². The van der Waals surface area contributed by atoms with Gasteiger partial charge in [-0.3, -0.25) is 9.36 Å². The molecular formula is C23H25ClN4OS. The standard InChI is InChI=1S/C23H25ClN4OS/c1-5-14-28-21(16-10-12-17(24)13-11-16)26-27-22(28)30-15-20(29)25-19-9-7-6-8-18(19)23(2,3)4/h5-13H,1,14-15H2,2-4H3,(H,25,29). The summed E-state index contributed by atoms with van der Waals surface area (Å²) in [6.07, 6.45) is 1.78. The molecule has 0 spiro atoms. The summed E-state index contributed by atoms with van der Waals surface area (Å²) in [6.45, 7) is 10.7. The minimum atomic E-state index is -0.0853. The monoisotopic (exact) mass is 440 g/mol. The van der Waals surface area contributed by atoms with Crippen molar-refractivity contribution in [3.05, 3.63) is 71.8 Å². The molecule has 0 aliphatic heterocycles. The van der Waals surface area contributed by atoms with Gasteiger partial charge in [0.2, 0.25) is 5.91 Å². The number of para-hydroxylation sites is 1. The van der Waals surface area contributed by atoms with E-state index in [9.17, 15) is 4.79 Å². The molecule has 1 N–H and O–H groups in total. The predicted octanol–water partition coefficient (Wildman–Crippen LogP) is 5.81. The van der Waals surface area contributed by atoms with Crippen molar-refractivity contribution in [1.82, 2.24) is 14.8 Å². The maximum absolute atomic E-state index is 12.6. The molecular weight excluding hydrogens is 416 g/mol. The molecule has 0 radical (unpaired) electrons. The maximum atomic E-state index is 12.6. The number of thioether (sulfide) groups is 1. The number of nitrogens with zero attached hydrogens (tertiary/aromatic N) is 3. The van der Waals surface area contributed by atoms with Crippen LogP contribution >= 0.6 is 23.4 Å². The molecule has 3 rings (SSSR count). The Bertz CT molecular complexity index is 1040. The van der Waals surface area contributed by atoms with E-state index in [0.717, 1.165) is 16.8 Å².